The average molecular weight is 344 g/mol. The number of rotatable bonds is 3. The Bertz CT molecular complexity index is 789. The molecular weight excluding hydrogens is 330 g/mol. The third kappa shape index (κ3) is 2.97. The molecule has 0 saturated heterocycles. The van der Waals surface area contributed by atoms with Gasteiger partial charge in [0.2, 0.25) is 0 Å². The molecule has 1 aromatic carbocycles. The second kappa shape index (κ2) is 5.69. The summed E-state index contributed by atoms with van der Waals surface area (Å²) in [4.78, 5) is 10.7. The summed E-state index contributed by atoms with van der Waals surface area (Å²) in [5, 5.41) is 0. The first-order valence-electron chi connectivity index (χ1n) is 6.49. The van der Waals surface area contributed by atoms with E-state index in [0.29, 0.717) is 5.75 Å². The fraction of sp³-hybridized carbons (Fsp3) is 0.125. The molecule has 0 aliphatic carbocycles. The van der Waals surface area contributed by atoms with Crippen molar-refractivity contribution in [2.75, 3.05) is 19.0 Å². The first-order valence-corrected chi connectivity index (χ1v) is 7.28. The van der Waals surface area contributed by atoms with Gasteiger partial charge in [-0.3, -0.25) is 4.98 Å². The molecule has 0 unspecified atom stereocenters. The average Bonchev–Trinajstić information content (AvgIpc) is 2.47. The summed E-state index contributed by atoms with van der Waals surface area (Å²) < 4.78 is 6.88. The van der Waals surface area contributed by atoms with Crippen LogP contribution >= 0.6 is 15.9 Å². The highest BCUT2D eigenvalue weighted by atomic mass is 79.9. The van der Waals surface area contributed by atoms with E-state index in [1.54, 1.807) is 12.4 Å². The van der Waals surface area contributed by atoms with Gasteiger partial charge in [-0.1, -0.05) is 6.07 Å². The number of pyridine rings is 2. The van der Waals surface area contributed by atoms with Gasteiger partial charge in [-0.05, 0) is 34.1 Å². The van der Waals surface area contributed by atoms with Crippen LogP contribution in [-0.2, 0) is 0 Å². The van der Waals surface area contributed by atoms with Crippen molar-refractivity contribution in [2.24, 2.45) is 0 Å². The number of hydrogen-bond acceptors (Lipinski definition) is 4. The third-order valence-corrected chi connectivity index (χ3v) is 3.50. The van der Waals surface area contributed by atoms with Gasteiger partial charge in [0.25, 0.3) is 0 Å². The summed E-state index contributed by atoms with van der Waals surface area (Å²) in [5.74, 6) is 1.47. The number of aromatic nitrogens is 2. The van der Waals surface area contributed by atoms with Gasteiger partial charge in [0.1, 0.15) is 11.3 Å². The van der Waals surface area contributed by atoms with E-state index in [4.69, 9.17) is 4.74 Å². The van der Waals surface area contributed by atoms with Crippen molar-refractivity contribution in [3.63, 3.8) is 0 Å². The molecule has 3 aromatic rings. The second-order valence-corrected chi connectivity index (χ2v) is 5.74. The molecule has 0 spiro atoms. The summed E-state index contributed by atoms with van der Waals surface area (Å²) in [6.07, 6.45) is 3.47. The zero-order valence-corrected chi connectivity index (χ0v) is 13.3. The quantitative estimate of drug-likeness (QED) is 0.712. The lowest BCUT2D eigenvalue weighted by Gasteiger charge is -2.14. The molecule has 106 valence electrons. The Kier molecular flexibility index (Phi) is 3.75. The van der Waals surface area contributed by atoms with E-state index < -0.39 is 0 Å². The zero-order chi connectivity index (χ0) is 14.8. The van der Waals surface area contributed by atoms with Gasteiger partial charge in [0.05, 0.1) is 5.52 Å². The van der Waals surface area contributed by atoms with Crippen LogP contribution in [-0.4, -0.2) is 24.1 Å². The fourth-order valence-electron chi connectivity index (χ4n) is 2.02. The molecule has 5 heteroatoms. The fourth-order valence-corrected chi connectivity index (χ4v) is 2.33. The number of nitrogens with zero attached hydrogens (tertiary/aromatic N) is 3. The van der Waals surface area contributed by atoms with Crippen LogP contribution in [0.2, 0.25) is 0 Å². The van der Waals surface area contributed by atoms with Crippen molar-refractivity contribution in [3.05, 3.63) is 53.3 Å². The van der Waals surface area contributed by atoms with Crippen LogP contribution in [0.15, 0.2) is 53.3 Å². The number of ether oxygens (including phenoxy) is 1. The Morgan fingerprint density at radius 3 is 2.76 bits per heavy atom. The van der Waals surface area contributed by atoms with E-state index in [9.17, 15) is 0 Å². The van der Waals surface area contributed by atoms with E-state index in [-0.39, 0.29) is 0 Å². The maximum atomic E-state index is 5.98. The highest BCUT2D eigenvalue weighted by molar-refractivity contribution is 9.10. The van der Waals surface area contributed by atoms with Gasteiger partial charge in [-0.15, -0.1) is 0 Å². The largest absolute Gasteiger partial charge is 0.455 e. The molecule has 0 bridgehead atoms. The molecule has 21 heavy (non-hydrogen) atoms. The molecule has 0 atom stereocenters. The number of halogens is 1. The van der Waals surface area contributed by atoms with E-state index >= 15 is 0 Å². The first-order chi connectivity index (χ1) is 10.1. The lowest BCUT2D eigenvalue weighted by molar-refractivity contribution is 0.487. The summed E-state index contributed by atoms with van der Waals surface area (Å²) in [6.45, 7) is 0. The van der Waals surface area contributed by atoms with E-state index in [1.165, 1.54) is 0 Å². The van der Waals surface area contributed by atoms with Gasteiger partial charge in [-0.2, -0.15) is 0 Å². The van der Waals surface area contributed by atoms with Gasteiger partial charge in [0, 0.05) is 48.8 Å². The molecule has 0 N–H and O–H groups in total. The number of fused-ring (bicyclic) bond motifs is 1. The molecule has 0 aliphatic heterocycles. The lowest BCUT2D eigenvalue weighted by Crippen LogP contribution is -2.08. The van der Waals surface area contributed by atoms with E-state index in [0.717, 1.165) is 26.9 Å². The molecule has 0 aliphatic rings. The van der Waals surface area contributed by atoms with Crippen molar-refractivity contribution < 1.29 is 4.74 Å². The smallest absolute Gasteiger partial charge is 0.156 e. The molecule has 3 rings (SSSR count). The van der Waals surface area contributed by atoms with Crippen molar-refractivity contribution in [1.82, 2.24) is 9.97 Å². The van der Waals surface area contributed by atoms with Crippen LogP contribution < -0.4 is 9.64 Å². The third-order valence-electron chi connectivity index (χ3n) is 3.07. The van der Waals surface area contributed by atoms with Crippen LogP contribution in [0.5, 0.6) is 11.5 Å². The first kappa shape index (κ1) is 13.8. The Hall–Kier alpha value is -2.14. The molecule has 2 heterocycles. The van der Waals surface area contributed by atoms with Gasteiger partial charge in [0.15, 0.2) is 5.75 Å². The maximum Gasteiger partial charge on any atom is 0.156 e. The normalized spacial score (nSPS) is 10.6. The molecule has 0 saturated carbocycles. The highest BCUT2D eigenvalue weighted by Gasteiger charge is 2.07. The standard InChI is InChI=1S/C16H14BrN3O/c1-20(2)12-4-3-5-13(9-12)21-15-6-7-18-14-8-11(17)10-19-16(14)15/h3-10H,1-2H3. The van der Waals surface area contributed by atoms with Crippen LogP contribution in [0.3, 0.4) is 0 Å². The van der Waals surface area contributed by atoms with Crippen LogP contribution in [0.4, 0.5) is 5.69 Å². The SMILES string of the molecule is CN(C)c1cccc(Oc2ccnc3cc(Br)cnc23)c1. The maximum absolute atomic E-state index is 5.98. The monoisotopic (exact) mass is 343 g/mol. The minimum atomic E-state index is 0.698. The molecule has 0 amide bonds. The van der Waals surface area contributed by atoms with Crippen LogP contribution in [0.1, 0.15) is 0 Å². The summed E-state index contributed by atoms with van der Waals surface area (Å²) in [5.41, 5.74) is 2.63. The van der Waals surface area contributed by atoms with Crippen molar-refractivity contribution in [2.45, 2.75) is 0 Å². The molecule has 4 nitrogen and oxygen atoms in total. The second-order valence-electron chi connectivity index (χ2n) is 4.82. The molecule has 0 radical (unpaired) electrons. The Labute approximate surface area is 131 Å². The van der Waals surface area contributed by atoms with Gasteiger partial charge < -0.3 is 9.64 Å². The minimum absolute atomic E-state index is 0.698. The number of hydrogen-bond donors (Lipinski definition) is 0. The van der Waals surface area contributed by atoms with E-state index in [1.807, 2.05) is 55.4 Å². The predicted molar refractivity (Wildman–Crippen MR) is 88.1 cm³/mol. The Morgan fingerprint density at radius 2 is 1.95 bits per heavy atom. The number of anilines is 1. The molecule has 2 aromatic heterocycles. The van der Waals surface area contributed by atoms with Crippen LogP contribution in [0, 0.1) is 0 Å². The summed E-state index contributed by atoms with van der Waals surface area (Å²) in [7, 11) is 4.00. The summed E-state index contributed by atoms with van der Waals surface area (Å²) in [6, 6.07) is 11.7. The summed E-state index contributed by atoms with van der Waals surface area (Å²) >= 11 is 3.40. The number of benzene rings is 1. The lowest BCUT2D eigenvalue weighted by atomic mass is 10.2. The topological polar surface area (TPSA) is 38.2 Å². The Balaban J connectivity index is 2.00. The zero-order valence-electron chi connectivity index (χ0n) is 11.7. The van der Waals surface area contributed by atoms with Crippen molar-refractivity contribution in [3.8, 4) is 11.5 Å². The van der Waals surface area contributed by atoms with Crippen LogP contribution in [0.25, 0.3) is 11.0 Å². The molecular formula is C16H14BrN3O. The van der Waals surface area contributed by atoms with E-state index in [2.05, 4.69) is 25.9 Å². The van der Waals surface area contributed by atoms with Crippen molar-refractivity contribution >= 4 is 32.7 Å². The van der Waals surface area contributed by atoms with Gasteiger partial charge in [-0.25, -0.2) is 4.98 Å². The Morgan fingerprint density at radius 1 is 1.10 bits per heavy atom. The van der Waals surface area contributed by atoms with Crippen molar-refractivity contribution in [1.29, 1.82) is 0 Å². The highest BCUT2D eigenvalue weighted by Crippen LogP contribution is 2.30. The molecule has 0 fully saturated rings. The van der Waals surface area contributed by atoms with Gasteiger partial charge >= 0.3 is 0 Å². The predicted octanol–water partition coefficient (Wildman–Crippen LogP) is 4.25. The minimum Gasteiger partial charge on any atom is -0.455 e.